The molecule has 1 aromatic rings. The highest BCUT2D eigenvalue weighted by molar-refractivity contribution is 9.11. The van der Waals surface area contributed by atoms with Crippen molar-refractivity contribution in [3.8, 4) is 12.3 Å². The van der Waals surface area contributed by atoms with Crippen LogP contribution in [0.15, 0.2) is 20.1 Å². The van der Waals surface area contributed by atoms with E-state index in [9.17, 15) is 13.2 Å². The molecule has 0 saturated heterocycles. The molecule has 0 amide bonds. The second-order valence-electron chi connectivity index (χ2n) is 2.93. The quantitative estimate of drug-likeness (QED) is 0.819. The monoisotopic (exact) mass is 337 g/mol. The molecule has 0 aliphatic heterocycles. The van der Waals surface area contributed by atoms with Crippen LogP contribution in [-0.2, 0) is 14.8 Å². The molecule has 5 nitrogen and oxygen atoms in total. The molecule has 0 bridgehead atoms. The zero-order valence-corrected chi connectivity index (χ0v) is 11.7. The summed E-state index contributed by atoms with van der Waals surface area (Å²) in [7, 11) is -3.84. The smallest absolute Gasteiger partial charge is 0.318 e. The molecule has 0 aromatic carbocycles. The first kappa shape index (κ1) is 14.2. The standard InChI is InChI=1S/C9H8BrNO4S2/c1-2-5-11(6-8(12)13)17(14,15)9-4-3-7(10)16-9/h1,3-4H,5-6H2,(H,12,13). The Labute approximate surface area is 111 Å². The highest BCUT2D eigenvalue weighted by Gasteiger charge is 2.27. The van der Waals surface area contributed by atoms with Gasteiger partial charge in [0, 0.05) is 0 Å². The van der Waals surface area contributed by atoms with Gasteiger partial charge in [0.15, 0.2) is 0 Å². The van der Waals surface area contributed by atoms with Crippen LogP contribution in [0.1, 0.15) is 0 Å². The van der Waals surface area contributed by atoms with Crippen LogP contribution in [0.25, 0.3) is 0 Å². The largest absolute Gasteiger partial charge is 0.480 e. The molecule has 0 aliphatic carbocycles. The first-order valence-corrected chi connectivity index (χ1v) is 7.33. The Hall–Kier alpha value is -0.880. The second-order valence-corrected chi connectivity index (χ2v) is 7.56. The van der Waals surface area contributed by atoms with Gasteiger partial charge in [-0.3, -0.25) is 4.79 Å². The van der Waals surface area contributed by atoms with E-state index in [4.69, 9.17) is 11.5 Å². The third-order valence-corrected chi connectivity index (χ3v) is 5.60. The van der Waals surface area contributed by atoms with Gasteiger partial charge >= 0.3 is 5.97 Å². The van der Waals surface area contributed by atoms with E-state index in [1.165, 1.54) is 6.07 Å². The fourth-order valence-electron chi connectivity index (χ4n) is 1.04. The van der Waals surface area contributed by atoms with Gasteiger partial charge in [0.25, 0.3) is 10.0 Å². The topological polar surface area (TPSA) is 74.7 Å². The average molecular weight is 338 g/mol. The van der Waals surface area contributed by atoms with Crippen LogP contribution in [0.4, 0.5) is 0 Å². The molecule has 1 rings (SSSR count). The van der Waals surface area contributed by atoms with Gasteiger partial charge in [-0.05, 0) is 28.1 Å². The number of nitrogens with zero attached hydrogens (tertiary/aromatic N) is 1. The Morgan fingerprint density at radius 1 is 1.59 bits per heavy atom. The van der Waals surface area contributed by atoms with E-state index in [1.807, 2.05) is 0 Å². The first-order chi connectivity index (χ1) is 7.87. The van der Waals surface area contributed by atoms with Crippen molar-refractivity contribution in [3.63, 3.8) is 0 Å². The van der Waals surface area contributed by atoms with Crippen molar-refractivity contribution in [1.29, 1.82) is 0 Å². The molecular formula is C9H8BrNO4S2. The third-order valence-electron chi connectivity index (χ3n) is 1.72. The van der Waals surface area contributed by atoms with Gasteiger partial charge in [-0.1, -0.05) is 5.92 Å². The average Bonchev–Trinajstić information content (AvgIpc) is 2.64. The molecule has 0 aliphatic rings. The van der Waals surface area contributed by atoms with E-state index in [0.717, 1.165) is 15.6 Å². The van der Waals surface area contributed by atoms with Crippen LogP contribution in [0, 0.1) is 12.3 Å². The van der Waals surface area contributed by atoms with Crippen molar-refractivity contribution in [1.82, 2.24) is 4.31 Å². The lowest BCUT2D eigenvalue weighted by Crippen LogP contribution is -2.35. The summed E-state index contributed by atoms with van der Waals surface area (Å²) >= 11 is 4.14. The lowest BCUT2D eigenvalue weighted by Gasteiger charge is -2.16. The minimum Gasteiger partial charge on any atom is -0.480 e. The number of rotatable bonds is 5. The van der Waals surface area contributed by atoms with Gasteiger partial charge in [0.2, 0.25) is 0 Å². The van der Waals surface area contributed by atoms with Gasteiger partial charge in [-0.15, -0.1) is 17.8 Å². The van der Waals surface area contributed by atoms with Crippen molar-refractivity contribution in [2.75, 3.05) is 13.1 Å². The summed E-state index contributed by atoms with van der Waals surface area (Å²) in [5, 5.41) is 8.65. The molecule has 0 spiro atoms. The Morgan fingerprint density at radius 2 is 2.24 bits per heavy atom. The maximum Gasteiger partial charge on any atom is 0.318 e. The Bertz CT molecular complexity index is 558. The zero-order chi connectivity index (χ0) is 13.1. The number of aliphatic carboxylic acids is 1. The van der Waals surface area contributed by atoms with Crippen LogP contribution in [-0.4, -0.2) is 36.9 Å². The van der Waals surface area contributed by atoms with Gasteiger partial charge in [0.05, 0.1) is 10.3 Å². The maximum atomic E-state index is 12.0. The molecule has 0 unspecified atom stereocenters. The normalized spacial score (nSPS) is 11.4. The van der Waals surface area contributed by atoms with Crippen LogP contribution >= 0.6 is 27.3 Å². The van der Waals surface area contributed by atoms with E-state index in [2.05, 4.69) is 21.9 Å². The Morgan fingerprint density at radius 3 is 2.65 bits per heavy atom. The van der Waals surface area contributed by atoms with Crippen molar-refractivity contribution >= 4 is 43.3 Å². The molecule has 1 heterocycles. The number of hydrogen-bond acceptors (Lipinski definition) is 4. The predicted molar refractivity (Wildman–Crippen MR) is 67.2 cm³/mol. The highest BCUT2D eigenvalue weighted by Crippen LogP contribution is 2.28. The maximum absolute atomic E-state index is 12.0. The number of hydrogen-bond donors (Lipinski definition) is 1. The summed E-state index contributed by atoms with van der Waals surface area (Å²) < 4.78 is 25.5. The van der Waals surface area contributed by atoms with Crippen molar-refractivity contribution in [2.24, 2.45) is 0 Å². The minimum atomic E-state index is -3.84. The molecule has 17 heavy (non-hydrogen) atoms. The first-order valence-electron chi connectivity index (χ1n) is 4.28. The molecule has 1 N–H and O–H groups in total. The van der Waals surface area contributed by atoms with Crippen LogP contribution in [0.5, 0.6) is 0 Å². The number of carboxylic acid groups (broad SMARTS) is 1. The summed E-state index contributed by atoms with van der Waals surface area (Å²) in [6, 6.07) is 2.97. The SMILES string of the molecule is C#CCN(CC(=O)O)S(=O)(=O)c1ccc(Br)s1. The molecule has 0 saturated carbocycles. The van der Waals surface area contributed by atoms with Gasteiger partial charge in [0.1, 0.15) is 10.8 Å². The number of carbonyl (C=O) groups is 1. The molecule has 0 fully saturated rings. The fraction of sp³-hybridized carbons (Fsp3) is 0.222. The molecule has 0 atom stereocenters. The van der Waals surface area contributed by atoms with Gasteiger partial charge in [-0.25, -0.2) is 8.42 Å². The number of sulfonamides is 1. The summed E-state index contributed by atoms with van der Waals surface area (Å²) in [6.45, 7) is -0.924. The summed E-state index contributed by atoms with van der Waals surface area (Å²) in [5.74, 6) is 0.882. The van der Waals surface area contributed by atoms with Crippen LogP contribution in [0.2, 0.25) is 0 Å². The number of carboxylic acids is 1. The van der Waals surface area contributed by atoms with Crippen LogP contribution in [0.3, 0.4) is 0 Å². The Balaban J connectivity index is 3.09. The molecular weight excluding hydrogens is 330 g/mol. The van der Waals surface area contributed by atoms with Crippen molar-refractivity contribution in [2.45, 2.75) is 4.21 Å². The minimum absolute atomic E-state index is 0.0564. The van der Waals surface area contributed by atoms with Gasteiger partial charge < -0.3 is 5.11 Å². The third kappa shape index (κ3) is 3.54. The summed E-state index contributed by atoms with van der Waals surface area (Å²) in [4.78, 5) is 10.6. The van der Waals surface area contributed by atoms with E-state index in [0.29, 0.717) is 3.79 Å². The van der Waals surface area contributed by atoms with E-state index in [1.54, 1.807) is 6.07 Å². The second kappa shape index (κ2) is 5.64. The Kier molecular flexibility index (Phi) is 4.70. The fourth-order valence-corrected chi connectivity index (χ4v) is 4.51. The molecule has 92 valence electrons. The van der Waals surface area contributed by atoms with E-state index >= 15 is 0 Å². The summed E-state index contributed by atoms with van der Waals surface area (Å²) in [5.41, 5.74) is 0. The lowest BCUT2D eigenvalue weighted by atomic mass is 10.6. The van der Waals surface area contributed by atoms with Crippen molar-refractivity contribution in [3.05, 3.63) is 15.9 Å². The predicted octanol–water partition coefficient (Wildman–Crippen LogP) is 1.22. The highest BCUT2D eigenvalue weighted by atomic mass is 79.9. The lowest BCUT2D eigenvalue weighted by molar-refractivity contribution is -0.137. The van der Waals surface area contributed by atoms with Crippen LogP contribution < -0.4 is 0 Å². The molecule has 0 radical (unpaired) electrons. The number of halogens is 1. The van der Waals surface area contributed by atoms with Gasteiger partial charge in [-0.2, -0.15) is 4.31 Å². The number of thiophene rings is 1. The van der Waals surface area contributed by atoms with E-state index in [-0.39, 0.29) is 10.8 Å². The van der Waals surface area contributed by atoms with Crippen molar-refractivity contribution < 1.29 is 18.3 Å². The number of terminal acetylenes is 1. The summed E-state index contributed by atoms with van der Waals surface area (Å²) in [6.07, 6.45) is 5.03. The molecule has 8 heteroatoms. The van der Waals surface area contributed by atoms with E-state index < -0.39 is 22.5 Å². The molecule has 1 aromatic heterocycles. The zero-order valence-electron chi connectivity index (χ0n) is 8.46.